The molecular weight excluding hydrogens is 472 g/mol. The number of hydrogen-bond acceptors (Lipinski definition) is 8. The third-order valence-electron chi connectivity index (χ3n) is 5.34. The van der Waals surface area contributed by atoms with Crippen molar-refractivity contribution in [1.29, 1.82) is 0 Å². The second-order valence-corrected chi connectivity index (χ2v) is 8.43. The minimum absolute atomic E-state index is 0.00201. The summed E-state index contributed by atoms with van der Waals surface area (Å²) in [4.78, 5) is 61.4. The van der Waals surface area contributed by atoms with Crippen LogP contribution in [0.5, 0.6) is 0 Å². The number of amides is 4. The smallest absolute Gasteiger partial charge is 0.326 e. The minimum Gasteiger partial charge on any atom is -0.480 e. The molecule has 0 bridgehead atoms. The Hall–Kier alpha value is -3.55. The fourth-order valence-electron chi connectivity index (χ4n) is 3.25. The predicted octanol–water partition coefficient (Wildman–Crippen LogP) is -2.52. The molecule has 0 aliphatic carbocycles. The fourth-order valence-corrected chi connectivity index (χ4v) is 3.25. The first-order valence-corrected chi connectivity index (χ1v) is 11.6. The van der Waals surface area contributed by atoms with E-state index in [-0.39, 0.29) is 12.8 Å². The van der Waals surface area contributed by atoms with E-state index < -0.39 is 66.3 Å². The van der Waals surface area contributed by atoms with Gasteiger partial charge in [-0.15, -0.1) is 0 Å². The normalized spacial score (nSPS) is 15.0. The molecule has 0 spiro atoms. The van der Waals surface area contributed by atoms with Gasteiger partial charge in [-0.25, -0.2) is 4.79 Å². The van der Waals surface area contributed by atoms with Crippen LogP contribution in [0.3, 0.4) is 0 Å². The van der Waals surface area contributed by atoms with Gasteiger partial charge < -0.3 is 43.4 Å². The molecule has 0 heterocycles. The van der Waals surface area contributed by atoms with Crippen LogP contribution in [0.1, 0.15) is 38.2 Å². The molecule has 200 valence electrons. The van der Waals surface area contributed by atoms with E-state index in [9.17, 15) is 34.2 Å². The number of hydrogen-bond donors (Lipinski definition) is 8. The van der Waals surface area contributed by atoms with Crippen molar-refractivity contribution in [2.45, 2.75) is 69.3 Å². The molecule has 1 rings (SSSR count). The summed E-state index contributed by atoms with van der Waals surface area (Å²) in [7, 11) is 0. The highest BCUT2D eigenvalue weighted by atomic mass is 16.4. The second kappa shape index (κ2) is 15.4. The topological polar surface area (TPSA) is 240 Å². The lowest BCUT2D eigenvalue weighted by Crippen LogP contribution is -2.59. The van der Waals surface area contributed by atoms with Gasteiger partial charge in [0.1, 0.15) is 24.2 Å². The molecule has 1 aromatic carbocycles. The molecular formula is C23H36N6O7. The molecule has 0 radical (unpaired) electrons. The van der Waals surface area contributed by atoms with Gasteiger partial charge in [0.05, 0.1) is 12.5 Å². The number of unbranched alkanes of at least 4 members (excludes halogenated alkanes) is 1. The van der Waals surface area contributed by atoms with Gasteiger partial charge >= 0.3 is 5.97 Å². The predicted molar refractivity (Wildman–Crippen MR) is 130 cm³/mol. The van der Waals surface area contributed by atoms with Crippen molar-refractivity contribution in [2.75, 3.05) is 6.54 Å². The fraction of sp³-hybridized carbons (Fsp3) is 0.522. The molecule has 11 N–H and O–H groups in total. The Bertz CT molecular complexity index is 896. The van der Waals surface area contributed by atoms with Crippen LogP contribution in [0.2, 0.25) is 0 Å². The van der Waals surface area contributed by atoms with E-state index in [1.54, 1.807) is 30.3 Å². The second-order valence-electron chi connectivity index (χ2n) is 8.43. The average molecular weight is 509 g/mol. The van der Waals surface area contributed by atoms with Gasteiger partial charge in [-0.1, -0.05) is 30.3 Å². The lowest BCUT2D eigenvalue weighted by molar-refractivity contribution is -0.142. The number of nitrogens with two attached hydrogens (primary N) is 3. The van der Waals surface area contributed by atoms with Gasteiger partial charge in [-0.3, -0.25) is 19.2 Å². The first-order valence-electron chi connectivity index (χ1n) is 11.6. The summed E-state index contributed by atoms with van der Waals surface area (Å²) in [6.45, 7) is 1.65. The molecule has 0 saturated heterocycles. The van der Waals surface area contributed by atoms with Crippen LogP contribution in [-0.4, -0.2) is 76.6 Å². The van der Waals surface area contributed by atoms with Crippen LogP contribution >= 0.6 is 0 Å². The van der Waals surface area contributed by atoms with Crippen molar-refractivity contribution >= 4 is 29.6 Å². The monoisotopic (exact) mass is 508 g/mol. The van der Waals surface area contributed by atoms with Crippen molar-refractivity contribution in [2.24, 2.45) is 17.2 Å². The maximum atomic E-state index is 13.0. The van der Waals surface area contributed by atoms with Gasteiger partial charge in [0, 0.05) is 6.42 Å². The number of aliphatic carboxylic acids is 1. The summed E-state index contributed by atoms with van der Waals surface area (Å²) in [6, 6.07) is 3.35. The maximum Gasteiger partial charge on any atom is 0.326 e. The van der Waals surface area contributed by atoms with Gasteiger partial charge in [0.25, 0.3) is 0 Å². The Morgan fingerprint density at radius 1 is 0.889 bits per heavy atom. The number of rotatable bonds is 16. The summed E-state index contributed by atoms with van der Waals surface area (Å²) < 4.78 is 0. The molecule has 5 unspecified atom stereocenters. The molecule has 0 aliphatic rings. The standard InChI is InChI=1S/C23H36N6O7/c1-13(30)19(26)22(34)29-17(12-18(25)31)21(33)28-16(11-14-7-3-2-4-8-14)20(32)27-15(23(35)36)9-5-6-10-24/h2-4,7-8,13,15-17,19,30H,5-6,9-12,24,26H2,1H3,(H2,25,31)(H,27,32)(H,28,33)(H,29,34)(H,35,36). The number of aliphatic hydroxyl groups is 1. The highest BCUT2D eigenvalue weighted by Gasteiger charge is 2.31. The number of nitrogens with one attached hydrogen (secondary N) is 3. The largest absolute Gasteiger partial charge is 0.480 e. The first-order chi connectivity index (χ1) is 17.0. The zero-order valence-electron chi connectivity index (χ0n) is 20.2. The molecule has 1 aromatic rings. The molecule has 36 heavy (non-hydrogen) atoms. The summed E-state index contributed by atoms with van der Waals surface area (Å²) in [5.74, 6) is -4.73. The number of primary amides is 1. The van der Waals surface area contributed by atoms with E-state index in [1.165, 1.54) is 6.92 Å². The number of carboxylic acids is 1. The van der Waals surface area contributed by atoms with E-state index in [4.69, 9.17) is 17.2 Å². The minimum atomic E-state index is -1.48. The maximum absolute atomic E-state index is 13.0. The Kier molecular flexibility index (Phi) is 13.1. The van der Waals surface area contributed by atoms with Crippen LogP contribution in [0.25, 0.3) is 0 Å². The van der Waals surface area contributed by atoms with Crippen molar-refractivity contribution in [3.63, 3.8) is 0 Å². The quantitative estimate of drug-likeness (QED) is 0.110. The Labute approximate surface area is 209 Å². The van der Waals surface area contributed by atoms with Gasteiger partial charge in [-0.2, -0.15) is 0 Å². The third-order valence-corrected chi connectivity index (χ3v) is 5.34. The average Bonchev–Trinajstić information content (AvgIpc) is 2.82. The van der Waals surface area contributed by atoms with Crippen molar-refractivity contribution in [3.8, 4) is 0 Å². The SMILES string of the molecule is CC(O)C(N)C(=O)NC(CC(N)=O)C(=O)NC(Cc1ccccc1)C(=O)NC(CCCCN)C(=O)O. The van der Waals surface area contributed by atoms with Crippen LogP contribution in [0.15, 0.2) is 30.3 Å². The summed E-state index contributed by atoms with van der Waals surface area (Å²) >= 11 is 0. The van der Waals surface area contributed by atoms with Crippen LogP contribution in [0, 0.1) is 0 Å². The van der Waals surface area contributed by atoms with Crippen LogP contribution < -0.4 is 33.2 Å². The summed E-state index contributed by atoms with van der Waals surface area (Å²) in [5.41, 5.74) is 16.9. The molecule has 0 saturated carbocycles. The van der Waals surface area contributed by atoms with E-state index in [1.807, 2.05) is 0 Å². The van der Waals surface area contributed by atoms with Crippen LogP contribution in [-0.2, 0) is 30.4 Å². The highest BCUT2D eigenvalue weighted by molar-refractivity contribution is 5.96. The molecule has 5 atom stereocenters. The molecule has 13 heteroatoms. The molecule has 4 amide bonds. The van der Waals surface area contributed by atoms with E-state index in [2.05, 4.69) is 16.0 Å². The zero-order chi connectivity index (χ0) is 27.3. The molecule has 13 nitrogen and oxygen atoms in total. The lowest BCUT2D eigenvalue weighted by Gasteiger charge is -2.25. The Balaban J connectivity index is 3.11. The Morgan fingerprint density at radius 2 is 1.44 bits per heavy atom. The van der Waals surface area contributed by atoms with Gasteiger partial charge in [0.15, 0.2) is 0 Å². The van der Waals surface area contributed by atoms with Crippen molar-refractivity contribution in [3.05, 3.63) is 35.9 Å². The number of benzene rings is 1. The third kappa shape index (κ3) is 10.8. The number of carbonyl (C=O) groups is 5. The summed E-state index contributed by atoms with van der Waals surface area (Å²) in [5, 5.41) is 26.2. The number of aliphatic hydroxyl groups excluding tert-OH is 1. The zero-order valence-corrected chi connectivity index (χ0v) is 20.2. The molecule has 0 aromatic heterocycles. The number of carboxylic acid groups (broad SMARTS) is 1. The van der Waals surface area contributed by atoms with Gasteiger partial charge in [-0.05, 0) is 38.3 Å². The molecule has 0 fully saturated rings. The van der Waals surface area contributed by atoms with E-state index >= 15 is 0 Å². The highest BCUT2D eigenvalue weighted by Crippen LogP contribution is 2.07. The van der Waals surface area contributed by atoms with Crippen LogP contribution in [0.4, 0.5) is 0 Å². The summed E-state index contributed by atoms with van der Waals surface area (Å²) in [6.07, 6.45) is -0.640. The Morgan fingerprint density at radius 3 is 1.97 bits per heavy atom. The van der Waals surface area contributed by atoms with E-state index in [0.29, 0.717) is 24.9 Å². The van der Waals surface area contributed by atoms with Crippen molar-refractivity contribution < 1.29 is 34.2 Å². The van der Waals surface area contributed by atoms with E-state index in [0.717, 1.165) is 0 Å². The van der Waals surface area contributed by atoms with Gasteiger partial charge in [0.2, 0.25) is 23.6 Å². The first kappa shape index (κ1) is 30.5. The molecule has 0 aliphatic heterocycles. The van der Waals surface area contributed by atoms with Crippen molar-refractivity contribution in [1.82, 2.24) is 16.0 Å². The number of carbonyl (C=O) groups excluding carboxylic acids is 4. The lowest BCUT2D eigenvalue weighted by atomic mass is 10.0.